The molecule has 0 aliphatic rings. The highest BCUT2D eigenvalue weighted by Gasteiger charge is 2.17. The minimum Gasteiger partial charge on any atom is -0.481 e. The molecule has 0 saturated carbocycles. The number of carbonyl (C=O) groups is 1. The predicted molar refractivity (Wildman–Crippen MR) is 36.6 cm³/mol. The third kappa shape index (κ3) is 1.57. The fourth-order valence-corrected chi connectivity index (χ4v) is 0.745. The van der Waals surface area contributed by atoms with Gasteiger partial charge in [-0.05, 0) is 0 Å². The maximum atomic E-state index is 10.2. The second-order valence-corrected chi connectivity index (χ2v) is 2.06. The Morgan fingerprint density at radius 3 is 3.00 bits per heavy atom. The number of rotatable bonds is 3. The third-order valence-electron chi connectivity index (χ3n) is 1.22. The molecule has 7 heteroatoms. The summed E-state index contributed by atoms with van der Waals surface area (Å²) in [6, 6.07) is 0. The molecule has 0 amide bonds. The molecule has 64 valence electrons. The first kappa shape index (κ1) is 8.18. The number of nitrogens with zero attached hydrogens (tertiary/aromatic N) is 2. The summed E-state index contributed by atoms with van der Waals surface area (Å²) in [4.78, 5) is 19.7. The molecule has 1 aromatic rings. The van der Waals surface area contributed by atoms with Crippen molar-refractivity contribution in [3.8, 4) is 0 Å². The molecular formula is C5H5N3O4. The molecule has 1 rings (SSSR count). The van der Waals surface area contributed by atoms with Crippen LogP contribution in [0.15, 0.2) is 6.20 Å². The average Bonchev–Trinajstić information content (AvgIpc) is 2.33. The highest BCUT2D eigenvalue weighted by Crippen LogP contribution is 2.14. The number of aromatic nitrogens is 2. The summed E-state index contributed by atoms with van der Waals surface area (Å²) in [5, 5.41) is 24.2. The number of hydrogen-bond donors (Lipinski definition) is 2. The largest absolute Gasteiger partial charge is 0.481 e. The van der Waals surface area contributed by atoms with E-state index < -0.39 is 17.3 Å². The number of nitro groups is 1. The Labute approximate surface area is 66.2 Å². The van der Waals surface area contributed by atoms with Crippen LogP contribution in [0.3, 0.4) is 0 Å². The van der Waals surface area contributed by atoms with Gasteiger partial charge in [0.2, 0.25) is 0 Å². The summed E-state index contributed by atoms with van der Waals surface area (Å²) in [5.74, 6) is -1.14. The van der Waals surface area contributed by atoms with Crippen molar-refractivity contribution in [2.24, 2.45) is 0 Å². The van der Waals surface area contributed by atoms with Gasteiger partial charge in [0.25, 0.3) is 0 Å². The second kappa shape index (κ2) is 2.99. The predicted octanol–water partition coefficient (Wildman–Crippen LogP) is -0.0550. The molecule has 0 aliphatic carbocycles. The SMILES string of the molecule is O=C(O)Cc1[nH]ncc1[N+](=O)[O-]. The highest BCUT2D eigenvalue weighted by atomic mass is 16.6. The van der Waals surface area contributed by atoms with Crippen molar-refractivity contribution in [3.05, 3.63) is 22.0 Å². The molecule has 12 heavy (non-hydrogen) atoms. The quantitative estimate of drug-likeness (QED) is 0.489. The zero-order valence-corrected chi connectivity index (χ0v) is 5.85. The Balaban J connectivity index is 2.91. The van der Waals surface area contributed by atoms with E-state index in [1.54, 1.807) is 0 Å². The average molecular weight is 171 g/mol. The molecule has 0 aromatic carbocycles. The maximum Gasteiger partial charge on any atom is 0.310 e. The molecule has 1 heterocycles. The topological polar surface area (TPSA) is 109 Å². The number of aliphatic carboxylic acids is 1. The van der Waals surface area contributed by atoms with Crippen LogP contribution in [-0.2, 0) is 11.2 Å². The Kier molecular flexibility index (Phi) is 2.04. The van der Waals surface area contributed by atoms with Crippen molar-refractivity contribution in [2.75, 3.05) is 0 Å². The summed E-state index contributed by atoms with van der Waals surface area (Å²) in [6.45, 7) is 0. The lowest BCUT2D eigenvalue weighted by molar-refractivity contribution is -0.385. The van der Waals surface area contributed by atoms with E-state index in [4.69, 9.17) is 5.11 Å². The summed E-state index contributed by atoms with van der Waals surface area (Å²) in [6.07, 6.45) is 0.564. The maximum absolute atomic E-state index is 10.2. The van der Waals surface area contributed by atoms with Gasteiger partial charge in [0, 0.05) is 0 Å². The number of aromatic amines is 1. The van der Waals surface area contributed by atoms with Crippen molar-refractivity contribution in [3.63, 3.8) is 0 Å². The van der Waals surface area contributed by atoms with Gasteiger partial charge in [-0.2, -0.15) is 5.10 Å². The van der Waals surface area contributed by atoms with Gasteiger partial charge in [0.05, 0.1) is 11.3 Å². The number of H-pyrrole nitrogens is 1. The fourth-order valence-electron chi connectivity index (χ4n) is 0.745. The van der Waals surface area contributed by atoms with Crippen LogP contribution in [0.4, 0.5) is 5.69 Å². The first-order valence-corrected chi connectivity index (χ1v) is 2.99. The van der Waals surface area contributed by atoms with Gasteiger partial charge in [0.15, 0.2) is 0 Å². The zero-order chi connectivity index (χ0) is 9.14. The van der Waals surface area contributed by atoms with Crippen molar-refractivity contribution in [2.45, 2.75) is 6.42 Å². The van der Waals surface area contributed by atoms with Crippen molar-refractivity contribution >= 4 is 11.7 Å². The van der Waals surface area contributed by atoms with E-state index in [2.05, 4.69) is 10.2 Å². The fraction of sp³-hybridized carbons (Fsp3) is 0.200. The first-order chi connectivity index (χ1) is 5.61. The van der Waals surface area contributed by atoms with Crippen LogP contribution in [0.5, 0.6) is 0 Å². The Morgan fingerprint density at radius 2 is 2.50 bits per heavy atom. The van der Waals surface area contributed by atoms with Gasteiger partial charge < -0.3 is 5.11 Å². The molecule has 0 unspecified atom stereocenters. The lowest BCUT2D eigenvalue weighted by Crippen LogP contribution is -2.02. The van der Waals surface area contributed by atoms with Gasteiger partial charge in [-0.3, -0.25) is 20.0 Å². The van der Waals surface area contributed by atoms with E-state index >= 15 is 0 Å². The lowest BCUT2D eigenvalue weighted by Gasteiger charge is -1.89. The van der Waals surface area contributed by atoms with Crippen LogP contribution < -0.4 is 0 Å². The standard InChI is InChI=1S/C5H5N3O4/c9-5(10)1-3-4(8(11)12)2-6-7-3/h2H,1H2,(H,6,7)(H,9,10). The van der Waals surface area contributed by atoms with Crippen molar-refractivity contribution in [1.82, 2.24) is 10.2 Å². The summed E-state index contributed by atoms with van der Waals surface area (Å²) in [7, 11) is 0. The normalized spacial score (nSPS) is 9.67. The van der Waals surface area contributed by atoms with Gasteiger partial charge in [-0.25, -0.2) is 0 Å². The molecule has 0 fully saturated rings. The molecule has 0 atom stereocenters. The Hall–Kier alpha value is -1.92. The smallest absolute Gasteiger partial charge is 0.310 e. The zero-order valence-electron chi connectivity index (χ0n) is 5.85. The molecule has 0 spiro atoms. The summed E-state index contributed by atoms with van der Waals surface area (Å²) >= 11 is 0. The monoisotopic (exact) mass is 171 g/mol. The summed E-state index contributed by atoms with van der Waals surface area (Å²) in [5.41, 5.74) is -0.287. The van der Waals surface area contributed by atoms with Gasteiger partial charge in [-0.1, -0.05) is 0 Å². The van der Waals surface area contributed by atoms with Gasteiger partial charge in [0.1, 0.15) is 11.9 Å². The first-order valence-electron chi connectivity index (χ1n) is 2.99. The molecule has 0 radical (unpaired) electrons. The second-order valence-electron chi connectivity index (χ2n) is 2.06. The lowest BCUT2D eigenvalue weighted by atomic mass is 10.3. The highest BCUT2D eigenvalue weighted by molar-refractivity contribution is 5.70. The van der Waals surface area contributed by atoms with Crippen LogP contribution in [0.25, 0.3) is 0 Å². The van der Waals surface area contributed by atoms with E-state index in [9.17, 15) is 14.9 Å². The minimum atomic E-state index is -1.14. The minimum absolute atomic E-state index is 0.00694. The number of hydrogen-bond acceptors (Lipinski definition) is 4. The van der Waals surface area contributed by atoms with Crippen molar-refractivity contribution in [1.29, 1.82) is 0 Å². The summed E-state index contributed by atoms with van der Waals surface area (Å²) < 4.78 is 0. The molecular weight excluding hydrogens is 166 g/mol. The Morgan fingerprint density at radius 1 is 1.83 bits per heavy atom. The molecule has 0 saturated heterocycles. The van der Waals surface area contributed by atoms with E-state index in [1.807, 2.05) is 0 Å². The van der Waals surface area contributed by atoms with E-state index in [1.165, 1.54) is 0 Å². The van der Waals surface area contributed by atoms with Crippen LogP contribution in [0.1, 0.15) is 5.69 Å². The number of nitrogens with one attached hydrogen (secondary N) is 1. The van der Waals surface area contributed by atoms with E-state index in [0.717, 1.165) is 6.20 Å². The van der Waals surface area contributed by atoms with Gasteiger partial charge in [-0.15, -0.1) is 0 Å². The van der Waals surface area contributed by atoms with Crippen molar-refractivity contribution < 1.29 is 14.8 Å². The molecule has 0 bridgehead atoms. The molecule has 2 N–H and O–H groups in total. The van der Waals surface area contributed by atoms with Crippen LogP contribution >= 0.6 is 0 Å². The van der Waals surface area contributed by atoms with E-state index in [0.29, 0.717) is 0 Å². The van der Waals surface area contributed by atoms with Crippen LogP contribution in [0, 0.1) is 10.1 Å². The number of carboxylic acid groups (broad SMARTS) is 1. The number of carboxylic acids is 1. The molecule has 1 aromatic heterocycles. The Bertz CT molecular complexity index is 318. The van der Waals surface area contributed by atoms with Crippen LogP contribution in [0.2, 0.25) is 0 Å². The molecule has 7 nitrogen and oxygen atoms in total. The van der Waals surface area contributed by atoms with E-state index in [-0.39, 0.29) is 11.4 Å². The molecule has 0 aliphatic heterocycles. The third-order valence-corrected chi connectivity index (χ3v) is 1.22. The van der Waals surface area contributed by atoms with Crippen LogP contribution in [-0.4, -0.2) is 26.2 Å². The van der Waals surface area contributed by atoms with Gasteiger partial charge >= 0.3 is 11.7 Å².